The topological polar surface area (TPSA) is 100 Å². The quantitative estimate of drug-likeness (QED) is 0.559. The molecule has 2 aromatic carbocycles. The summed E-state index contributed by atoms with van der Waals surface area (Å²) < 4.78 is 29.0. The van der Waals surface area contributed by atoms with E-state index in [1.165, 1.54) is 35.6 Å². The third kappa shape index (κ3) is 4.54. The van der Waals surface area contributed by atoms with Crippen molar-refractivity contribution in [1.29, 1.82) is 0 Å². The number of aromatic nitrogens is 3. The second-order valence-corrected chi connectivity index (χ2v) is 8.70. The molecular weight excluding hydrogens is 410 g/mol. The molecular formula is C19H21N5O3S2. The van der Waals surface area contributed by atoms with Gasteiger partial charge in [-0.1, -0.05) is 18.2 Å². The minimum atomic E-state index is -3.71. The lowest BCUT2D eigenvalue weighted by atomic mass is 10.2. The van der Waals surface area contributed by atoms with Crippen LogP contribution < -0.4 is 9.62 Å². The van der Waals surface area contributed by atoms with Crippen molar-refractivity contribution in [2.24, 2.45) is 7.05 Å². The number of nitrogens with one attached hydrogen (secondary N) is 2. The van der Waals surface area contributed by atoms with Crippen molar-refractivity contribution in [2.45, 2.75) is 11.3 Å². The standard InChI is InChI=1S/C19H21N5O3S2/c1-23-17(21-22-19(23)28)12-13-20-18(25)14-8-10-16(11-9-14)29(26,27)24(2)15-6-4-3-5-7-15/h3-11H,12-13H2,1-2H3,(H,20,25)(H,22,28). The van der Waals surface area contributed by atoms with Crippen LogP contribution in [0.5, 0.6) is 0 Å². The van der Waals surface area contributed by atoms with Crippen LogP contribution in [0.25, 0.3) is 0 Å². The van der Waals surface area contributed by atoms with Gasteiger partial charge in [-0.05, 0) is 48.6 Å². The maximum absolute atomic E-state index is 12.8. The van der Waals surface area contributed by atoms with Crippen molar-refractivity contribution in [1.82, 2.24) is 20.1 Å². The zero-order chi connectivity index (χ0) is 21.0. The first-order valence-electron chi connectivity index (χ1n) is 8.83. The number of hydrogen-bond donors (Lipinski definition) is 2. The Balaban J connectivity index is 1.65. The number of rotatable bonds is 7. The van der Waals surface area contributed by atoms with Crippen molar-refractivity contribution < 1.29 is 13.2 Å². The lowest BCUT2D eigenvalue weighted by molar-refractivity contribution is 0.0954. The fourth-order valence-corrected chi connectivity index (χ4v) is 4.05. The van der Waals surface area contributed by atoms with Gasteiger partial charge in [0, 0.05) is 32.6 Å². The van der Waals surface area contributed by atoms with Crippen molar-refractivity contribution >= 4 is 33.8 Å². The fourth-order valence-electron chi connectivity index (χ4n) is 2.71. The number of amides is 1. The first-order chi connectivity index (χ1) is 13.8. The molecule has 1 amide bonds. The molecule has 0 aliphatic carbocycles. The molecule has 0 atom stereocenters. The molecule has 2 N–H and O–H groups in total. The van der Waals surface area contributed by atoms with Gasteiger partial charge < -0.3 is 9.88 Å². The summed E-state index contributed by atoms with van der Waals surface area (Å²) in [7, 11) is -0.418. The summed E-state index contributed by atoms with van der Waals surface area (Å²) in [6, 6.07) is 14.6. The lowest BCUT2D eigenvalue weighted by Crippen LogP contribution is -2.27. The number of carbonyl (C=O) groups is 1. The summed E-state index contributed by atoms with van der Waals surface area (Å²) in [5.74, 6) is 0.447. The number of carbonyl (C=O) groups excluding carboxylic acids is 1. The highest BCUT2D eigenvalue weighted by molar-refractivity contribution is 7.92. The molecule has 3 rings (SSSR count). The zero-order valence-electron chi connectivity index (χ0n) is 16.0. The molecule has 0 bridgehead atoms. The van der Waals surface area contributed by atoms with E-state index in [0.717, 1.165) is 5.82 Å². The Morgan fingerprint density at radius 2 is 1.83 bits per heavy atom. The number of anilines is 1. The summed E-state index contributed by atoms with van der Waals surface area (Å²) >= 11 is 5.05. The van der Waals surface area contributed by atoms with E-state index in [9.17, 15) is 13.2 Å². The first-order valence-corrected chi connectivity index (χ1v) is 10.7. The highest BCUT2D eigenvalue weighted by atomic mass is 32.2. The van der Waals surface area contributed by atoms with Gasteiger partial charge in [0.15, 0.2) is 4.77 Å². The summed E-state index contributed by atoms with van der Waals surface area (Å²) in [5, 5.41) is 9.57. The molecule has 0 aliphatic rings. The summed E-state index contributed by atoms with van der Waals surface area (Å²) in [5.41, 5.74) is 0.935. The molecule has 0 fully saturated rings. The van der Waals surface area contributed by atoms with E-state index in [0.29, 0.717) is 29.0 Å². The Morgan fingerprint density at radius 3 is 2.41 bits per heavy atom. The molecule has 8 nitrogen and oxygen atoms in total. The van der Waals surface area contributed by atoms with Gasteiger partial charge in [-0.2, -0.15) is 5.10 Å². The molecule has 1 heterocycles. The molecule has 0 saturated heterocycles. The molecule has 152 valence electrons. The summed E-state index contributed by atoms with van der Waals surface area (Å²) in [6.45, 7) is 0.378. The van der Waals surface area contributed by atoms with E-state index in [2.05, 4.69) is 15.5 Å². The highest BCUT2D eigenvalue weighted by Gasteiger charge is 2.21. The van der Waals surface area contributed by atoms with Crippen LogP contribution in [0.15, 0.2) is 59.5 Å². The van der Waals surface area contributed by atoms with Crippen LogP contribution in [0.4, 0.5) is 5.69 Å². The van der Waals surface area contributed by atoms with Gasteiger partial charge in [0.1, 0.15) is 5.82 Å². The van der Waals surface area contributed by atoms with Gasteiger partial charge in [0.05, 0.1) is 10.6 Å². The van der Waals surface area contributed by atoms with Gasteiger partial charge in [0.2, 0.25) is 0 Å². The molecule has 10 heteroatoms. The monoisotopic (exact) mass is 431 g/mol. The summed E-state index contributed by atoms with van der Waals surface area (Å²) in [4.78, 5) is 12.4. The van der Waals surface area contributed by atoms with E-state index < -0.39 is 10.0 Å². The molecule has 0 radical (unpaired) electrons. The van der Waals surface area contributed by atoms with Crippen LogP contribution in [0.3, 0.4) is 0 Å². The van der Waals surface area contributed by atoms with Crippen LogP contribution in [0, 0.1) is 4.77 Å². The van der Waals surface area contributed by atoms with E-state index in [1.807, 2.05) is 6.07 Å². The Labute approximate surface area is 174 Å². The third-order valence-electron chi connectivity index (χ3n) is 4.50. The van der Waals surface area contributed by atoms with E-state index in [4.69, 9.17) is 12.2 Å². The van der Waals surface area contributed by atoms with Crippen LogP contribution in [0.2, 0.25) is 0 Å². The van der Waals surface area contributed by atoms with Gasteiger partial charge in [0.25, 0.3) is 15.9 Å². The predicted molar refractivity (Wildman–Crippen MR) is 113 cm³/mol. The maximum Gasteiger partial charge on any atom is 0.264 e. The van der Waals surface area contributed by atoms with Gasteiger partial charge in [-0.25, -0.2) is 8.42 Å². The van der Waals surface area contributed by atoms with Gasteiger partial charge in [-0.15, -0.1) is 0 Å². The SMILES string of the molecule is CN(c1ccccc1)S(=O)(=O)c1ccc(C(=O)NCCc2n[nH]c(=S)n2C)cc1. The smallest absolute Gasteiger partial charge is 0.264 e. The normalized spacial score (nSPS) is 11.2. The van der Waals surface area contributed by atoms with E-state index in [1.54, 1.807) is 35.9 Å². The van der Waals surface area contributed by atoms with E-state index in [-0.39, 0.29) is 10.8 Å². The number of nitrogens with zero attached hydrogens (tertiary/aromatic N) is 3. The molecule has 0 saturated carbocycles. The number of H-pyrrole nitrogens is 1. The average molecular weight is 432 g/mol. The number of benzene rings is 2. The summed E-state index contributed by atoms with van der Waals surface area (Å²) in [6.07, 6.45) is 0.518. The molecule has 29 heavy (non-hydrogen) atoms. The maximum atomic E-state index is 12.8. The minimum absolute atomic E-state index is 0.113. The van der Waals surface area contributed by atoms with Gasteiger partial charge in [-0.3, -0.25) is 14.2 Å². The largest absolute Gasteiger partial charge is 0.352 e. The molecule has 0 spiro atoms. The Kier molecular flexibility index (Phi) is 6.14. The Hall–Kier alpha value is -2.98. The van der Waals surface area contributed by atoms with Crippen molar-refractivity contribution in [3.63, 3.8) is 0 Å². The second-order valence-electron chi connectivity index (χ2n) is 6.34. The number of sulfonamides is 1. The van der Waals surface area contributed by atoms with Crippen molar-refractivity contribution in [3.05, 3.63) is 70.8 Å². The van der Waals surface area contributed by atoms with Crippen LogP contribution in [-0.2, 0) is 23.5 Å². The highest BCUT2D eigenvalue weighted by Crippen LogP contribution is 2.21. The second kappa shape index (κ2) is 8.58. The number of para-hydroxylation sites is 1. The van der Waals surface area contributed by atoms with Gasteiger partial charge >= 0.3 is 0 Å². The fraction of sp³-hybridized carbons (Fsp3) is 0.211. The zero-order valence-corrected chi connectivity index (χ0v) is 17.6. The number of aromatic amines is 1. The Bertz CT molecular complexity index is 1150. The third-order valence-corrected chi connectivity index (χ3v) is 6.67. The molecule has 1 aromatic heterocycles. The van der Waals surface area contributed by atoms with Crippen LogP contribution in [-0.4, -0.2) is 42.7 Å². The molecule has 3 aromatic rings. The molecule has 0 aliphatic heterocycles. The Morgan fingerprint density at radius 1 is 1.17 bits per heavy atom. The first kappa shape index (κ1) is 20.7. The van der Waals surface area contributed by atoms with Crippen LogP contribution >= 0.6 is 12.2 Å². The van der Waals surface area contributed by atoms with Crippen LogP contribution in [0.1, 0.15) is 16.2 Å². The lowest BCUT2D eigenvalue weighted by Gasteiger charge is -2.19. The van der Waals surface area contributed by atoms with E-state index >= 15 is 0 Å². The predicted octanol–water partition coefficient (Wildman–Crippen LogP) is 2.28. The molecule has 0 unspecified atom stereocenters. The number of hydrogen-bond acceptors (Lipinski definition) is 5. The van der Waals surface area contributed by atoms with Crippen molar-refractivity contribution in [3.8, 4) is 0 Å². The average Bonchev–Trinajstić information content (AvgIpc) is 3.06. The minimum Gasteiger partial charge on any atom is -0.352 e. The van der Waals surface area contributed by atoms with Crippen molar-refractivity contribution in [2.75, 3.05) is 17.9 Å².